The van der Waals surface area contributed by atoms with Crippen LogP contribution in [-0.4, -0.2) is 25.9 Å². The van der Waals surface area contributed by atoms with E-state index in [0.29, 0.717) is 12.2 Å². The first-order valence-electron chi connectivity index (χ1n) is 8.20. The molecule has 0 radical (unpaired) electrons. The van der Waals surface area contributed by atoms with E-state index in [1.807, 2.05) is 47.3 Å². The van der Waals surface area contributed by atoms with Gasteiger partial charge in [0.2, 0.25) is 0 Å². The number of benzene rings is 1. The molecule has 0 saturated heterocycles. The summed E-state index contributed by atoms with van der Waals surface area (Å²) in [6.45, 7) is 0.579. The van der Waals surface area contributed by atoms with Crippen molar-refractivity contribution >= 4 is 5.91 Å². The molecule has 0 spiro atoms. The lowest BCUT2D eigenvalue weighted by molar-refractivity contribution is 0.0926. The van der Waals surface area contributed by atoms with Crippen LogP contribution < -0.4 is 5.32 Å². The Balaban J connectivity index is 1.58. The highest BCUT2D eigenvalue weighted by molar-refractivity contribution is 5.94. The van der Waals surface area contributed by atoms with Gasteiger partial charge in [-0.05, 0) is 30.9 Å². The van der Waals surface area contributed by atoms with Crippen LogP contribution in [-0.2, 0) is 19.4 Å². The molecule has 0 bridgehead atoms. The van der Waals surface area contributed by atoms with Crippen LogP contribution in [0.25, 0.3) is 0 Å². The van der Waals surface area contributed by atoms with Crippen LogP contribution in [0.5, 0.6) is 0 Å². The number of rotatable bonds is 5. The van der Waals surface area contributed by atoms with Crippen LogP contribution >= 0.6 is 0 Å². The molecule has 0 aliphatic heterocycles. The topological polar surface area (TPSA) is 75.6 Å². The highest BCUT2D eigenvalue weighted by atomic mass is 16.2. The van der Waals surface area contributed by atoms with E-state index in [2.05, 4.69) is 20.6 Å². The molecule has 2 N–H and O–H groups in total. The molecule has 2 aromatic heterocycles. The Morgan fingerprint density at radius 3 is 2.92 bits per heavy atom. The lowest BCUT2D eigenvalue weighted by Gasteiger charge is -2.19. The van der Waals surface area contributed by atoms with Crippen LogP contribution in [0.15, 0.2) is 48.8 Å². The van der Waals surface area contributed by atoms with Gasteiger partial charge in [0.1, 0.15) is 0 Å². The van der Waals surface area contributed by atoms with E-state index >= 15 is 0 Å². The standard InChI is InChI=1S/C18H19N5O/c24-18(17-14-8-4-9-15(14)21-22-17)20-16(12-23-11-5-10-19-23)13-6-2-1-3-7-13/h1-3,5-7,10-11,16H,4,8-9,12H2,(H,20,24)(H,21,22). The zero-order valence-electron chi connectivity index (χ0n) is 13.3. The fraction of sp³-hybridized carbons (Fsp3) is 0.278. The second-order valence-corrected chi connectivity index (χ2v) is 6.05. The molecule has 1 atom stereocenters. The van der Waals surface area contributed by atoms with E-state index in [1.165, 1.54) is 0 Å². The summed E-state index contributed by atoms with van der Waals surface area (Å²) in [6.07, 6.45) is 6.62. The van der Waals surface area contributed by atoms with Gasteiger partial charge in [-0.15, -0.1) is 0 Å². The Morgan fingerprint density at radius 2 is 2.12 bits per heavy atom. The third-order valence-corrected chi connectivity index (χ3v) is 4.46. The van der Waals surface area contributed by atoms with Crippen molar-refractivity contribution in [2.75, 3.05) is 0 Å². The highest BCUT2D eigenvalue weighted by Gasteiger charge is 2.25. The molecule has 1 unspecified atom stereocenters. The van der Waals surface area contributed by atoms with Gasteiger partial charge in [0.25, 0.3) is 5.91 Å². The number of H-pyrrole nitrogens is 1. The Bertz CT molecular complexity index is 822. The van der Waals surface area contributed by atoms with E-state index in [0.717, 1.165) is 36.1 Å². The van der Waals surface area contributed by atoms with E-state index in [4.69, 9.17) is 0 Å². The van der Waals surface area contributed by atoms with E-state index in [9.17, 15) is 4.79 Å². The molecule has 1 aliphatic rings. The fourth-order valence-electron chi connectivity index (χ4n) is 3.25. The van der Waals surface area contributed by atoms with Gasteiger partial charge < -0.3 is 5.32 Å². The smallest absolute Gasteiger partial charge is 0.272 e. The molecule has 0 saturated carbocycles. The average molecular weight is 321 g/mol. The van der Waals surface area contributed by atoms with Crippen LogP contribution in [0.2, 0.25) is 0 Å². The average Bonchev–Trinajstić information content (AvgIpc) is 3.33. The van der Waals surface area contributed by atoms with Gasteiger partial charge in [0, 0.05) is 23.7 Å². The minimum absolute atomic E-state index is 0.129. The summed E-state index contributed by atoms with van der Waals surface area (Å²) in [4.78, 5) is 12.8. The maximum absolute atomic E-state index is 12.8. The lowest BCUT2D eigenvalue weighted by atomic mass is 10.1. The van der Waals surface area contributed by atoms with E-state index in [1.54, 1.807) is 6.20 Å². The van der Waals surface area contributed by atoms with Crippen LogP contribution in [0.4, 0.5) is 0 Å². The molecule has 6 nitrogen and oxygen atoms in total. The maximum Gasteiger partial charge on any atom is 0.272 e. The zero-order chi connectivity index (χ0) is 16.4. The first-order chi connectivity index (χ1) is 11.8. The molecule has 4 rings (SSSR count). The number of hydrogen-bond acceptors (Lipinski definition) is 3. The number of nitrogens with zero attached hydrogens (tertiary/aromatic N) is 3. The van der Waals surface area contributed by atoms with E-state index in [-0.39, 0.29) is 11.9 Å². The summed E-state index contributed by atoms with van der Waals surface area (Å²) in [5, 5.41) is 14.6. The molecule has 1 aromatic carbocycles. The summed E-state index contributed by atoms with van der Waals surface area (Å²) in [6, 6.07) is 11.7. The first-order valence-corrected chi connectivity index (χ1v) is 8.20. The molecule has 2 heterocycles. The molecule has 6 heteroatoms. The molecule has 24 heavy (non-hydrogen) atoms. The summed E-state index contributed by atoms with van der Waals surface area (Å²) >= 11 is 0. The van der Waals surface area contributed by atoms with Crippen molar-refractivity contribution in [1.82, 2.24) is 25.3 Å². The van der Waals surface area contributed by atoms with E-state index < -0.39 is 0 Å². The summed E-state index contributed by atoms with van der Waals surface area (Å²) in [5.41, 5.74) is 3.75. The number of carbonyl (C=O) groups is 1. The zero-order valence-corrected chi connectivity index (χ0v) is 13.3. The Morgan fingerprint density at radius 1 is 1.25 bits per heavy atom. The minimum atomic E-state index is -0.160. The number of nitrogens with one attached hydrogen (secondary N) is 2. The van der Waals surface area contributed by atoms with Gasteiger partial charge in [-0.1, -0.05) is 30.3 Å². The van der Waals surface area contributed by atoms with Crippen molar-refractivity contribution in [1.29, 1.82) is 0 Å². The van der Waals surface area contributed by atoms with Gasteiger partial charge in [-0.25, -0.2) is 0 Å². The molecule has 122 valence electrons. The number of amides is 1. The van der Waals surface area contributed by atoms with Gasteiger partial charge in [-0.2, -0.15) is 10.2 Å². The quantitative estimate of drug-likeness (QED) is 0.757. The van der Waals surface area contributed by atoms with Crippen LogP contribution in [0.1, 0.15) is 39.8 Å². The predicted octanol–water partition coefficient (Wildman–Crippen LogP) is 2.27. The number of aromatic nitrogens is 4. The number of hydrogen-bond donors (Lipinski definition) is 2. The molecule has 0 fully saturated rings. The SMILES string of the molecule is O=C(NC(Cn1cccn1)c1ccccc1)c1n[nH]c2c1CCC2. The third kappa shape index (κ3) is 2.82. The second kappa shape index (κ2) is 6.31. The largest absolute Gasteiger partial charge is 0.342 e. The highest BCUT2D eigenvalue weighted by Crippen LogP contribution is 2.23. The molecular weight excluding hydrogens is 302 g/mol. The van der Waals surface area contributed by atoms with Gasteiger partial charge in [-0.3, -0.25) is 14.6 Å². The maximum atomic E-state index is 12.8. The third-order valence-electron chi connectivity index (χ3n) is 4.46. The normalized spacial score (nSPS) is 14.3. The number of aryl methyl sites for hydroxylation is 1. The fourth-order valence-corrected chi connectivity index (χ4v) is 3.25. The predicted molar refractivity (Wildman–Crippen MR) is 89.5 cm³/mol. The van der Waals surface area contributed by atoms with Crippen molar-refractivity contribution in [3.63, 3.8) is 0 Å². The van der Waals surface area contributed by atoms with Gasteiger partial charge in [0.15, 0.2) is 5.69 Å². The van der Waals surface area contributed by atoms with Gasteiger partial charge in [0.05, 0.1) is 12.6 Å². The molecule has 3 aromatic rings. The Kier molecular flexibility index (Phi) is 3.86. The Labute approximate surface area is 139 Å². The number of carbonyl (C=O) groups excluding carboxylic acids is 1. The van der Waals surface area contributed by atoms with Crippen molar-refractivity contribution in [2.24, 2.45) is 0 Å². The van der Waals surface area contributed by atoms with Crippen LogP contribution in [0.3, 0.4) is 0 Å². The molecular formula is C18H19N5O. The van der Waals surface area contributed by atoms with Crippen LogP contribution in [0, 0.1) is 0 Å². The number of fused-ring (bicyclic) bond motifs is 1. The van der Waals surface area contributed by atoms with Crippen molar-refractivity contribution in [3.05, 3.63) is 71.3 Å². The van der Waals surface area contributed by atoms with Gasteiger partial charge >= 0.3 is 0 Å². The van der Waals surface area contributed by atoms with Crippen molar-refractivity contribution in [3.8, 4) is 0 Å². The monoisotopic (exact) mass is 321 g/mol. The summed E-state index contributed by atoms with van der Waals surface area (Å²) in [7, 11) is 0. The second-order valence-electron chi connectivity index (χ2n) is 6.05. The van der Waals surface area contributed by atoms with Crippen molar-refractivity contribution in [2.45, 2.75) is 31.8 Å². The number of aromatic amines is 1. The lowest BCUT2D eigenvalue weighted by Crippen LogP contribution is -2.32. The molecule has 1 amide bonds. The summed E-state index contributed by atoms with van der Waals surface area (Å²) in [5.74, 6) is -0.129. The minimum Gasteiger partial charge on any atom is -0.342 e. The first kappa shape index (κ1) is 14.7. The Hall–Kier alpha value is -2.89. The molecule has 1 aliphatic carbocycles. The van der Waals surface area contributed by atoms with Crippen molar-refractivity contribution < 1.29 is 4.79 Å². The summed E-state index contributed by atoms with van der Waals surface area (Å²) < 4.78 is 1.83.